The van der Waals surface area contributed by atoms with Crippen molar-refractivity contribution in [1.29, 1.82) is 0 Å². The highest BCUT2D eigenvalue weighted by Crippen LogP contribution is 2.31. The number of nitrogens with one attached hydrogen (secondary N) is 1. The second-order valence-electron chi connectivity index (χ2n) is 4.73. The number of rotatable bonds is 5. The fraction of sp³-hybridized carbons (Fsp3) is 0.250. The van der Waals surface area contributed by atoms with Crippen LogP contribution in [0.3, 0.4) is 0 Å². The van der Waals surface area contributed by atoms with Crippen molar-refractivity contribution < 1.29 is 8.78 Å². The molecule has 0 spiro atoms. The Morgan fingerprint density at radius 3 is 2.48 bits per heavy atom. The fourth-order valence-corrected chi connectivity index (χ4v) is 3.00. The lowest BCUT2D eigenvalue weighted by atomic mass is 9.98. The average molecular weight is 419 g/mol. The van der Waals surface area contributed by atoms with E-state index in [1.54, 1.807) is 18.2 Å². The Hall–Kier alpha value is -0.780. The molecule has 5 heteroatoms. The maximum Gasteiger partial charge on any atom is 0.137 e. The number of hydrogen-bond acceptors (Lipinski definition) is 1. The Bertz CT molecular complexity index is 632. The van der Waals surface area contributed by atoms with Crippen molar-refractivity contribution in [3.05, 3.63) is 68.1 Å². The molecule has 0 heterocycles. The summed E-state index contributed by atoms with van der Waals surface area (Å²) in [6, 6.07) is 9.23. The van der Waals surface area contributed by atoms with Crippen molar-refractivity contribution in [2.24, 2.45) is 0 Å². The van der Waals surface area contributed by atoms with E-state index in [-0.39, 0.29) is 17.7 Å². The summed E-state index contributed by atoms with van der Waals surface area (Å²) >= 11 is 6.66. The second kappa shape index (κ2) is 7.47. The summed E-state index contributed by atoms with van der Waals surface area (Å²) in [6.07, 6.45) is 0.950. The van der Waals surface area contributed by atoms with Gasteiger partial charge in [-0.3, -0.25) is 0 Å². The fourth-order valence-electron chi connectivity index (χ4n) is 2.12. The molecule has 0 saturated carbocycles. The molecule has 2 aromatic rings. The van der Waals surface area contributed by atoms with Gasteiger partial charge in [0.25, 0.3) is 0 Å². The first-order chi connectivity index (χ1) is 10.0. The first kappa shape index (κ1) is 16.6. The molecule has 21 heavy (non-hydrogen) atoms. The molecule has 0 fully saturated rings. The molecular formula is C16H15Br2F2N. The van der Waals surface area contributed by atoms with Gasteiger partial charge in [0.05, 0.1) is 10.5 Å². The molecule has 0 aliphatic heterocycles. The zero-order valence-corrected chi connectivity index (χ0v) is 14.6. The molecule has 0 saturated heterocycles. The third kappa shape index (κ3) is 4.11. The predicted octanol–water partition coefficient (Wildman–Crippen LogP) is 5.58. The number of hydrogen-bond donors (Lipinski definition) is 1. The lowest BCUT2D eigenvalue weighted by molar-refractivity contribution is 0.579. The SMILES string of the molecule is CCCNC(c1ccc(F)c(Br)c1)c1cc(F)ccc1Br. The molecule has 1 unspecified atom stereocenters. The van der Waals surface area contributed by atoms with Crippen LogP contribution in [-0.4, -0.2) is 6.54 Å². The van der Waals surface area contributed by atoms with Gasteiger partial charge in [0.15, 0.2) is 0 Å². The predicted molar refractivity (Wildman–Crippen MR) is 88.3 cm³/mol. The molecular weight excluding hydrogens is 404 g/mol. The number of benzene rings is 2. The van der Waals surface area contributed by atoms with Crippen LogP contribution in [0, 0.1) is 11.6 Å². The molecule has 2 rings (SSSR count). The third-order valence-electron chi connectivity index (χ3n) is 3.14. The van der Waals surface area contributed by atoms with Gasteiger partial charge >= 0.3 is 0 Å². The minimum Gasteiger partial charge on any atom is -0.306 e. The average Bonchev–Trinajstić information content (AvgIpc) is 2.46. The van der Waals surface area contributed by atoms with Gasteiger partial charge in [-0.1, -0.05) is 28.9 Å². The van der Waals surface area contributed by atoms with Crippen molar-refractivity contribution in [1.82, 2.24) is 5.32 Å². The molecule has 0 radical (unpaired) electrons. The lowest BCUT2D eigenvalue weighted by Gasteiger charge is -2.21. The maximum absolute atomic E-state index is 13.6. The Morgan fingerprint density at radius 1 is 1.05 bits per heavy atom. The van der Waals surface area contributed by atoms with E-state index in [0.717, 1.165) is 28.6 Å². The quantitative estimate of drug-likeness (QED) is 0.668. The van der Waals surface area contributed by atoms with E-state index in [4.69, 9.17) is 0 Å². The summed E-state index contributed by atoms with van der Waals surface area (Å²) in [5, 5.41) is 3.38. The summed E-state index contributed by atoms with van der Waals surface area (Å²) in [4.78, 5) is 0. The van der Waals surface area contributed by atoms with Gasteiger partial charge in [-0.05, 0) is 70.4 Å². The Morgan fingerprint density at radius 2 is 1.81 bits per heavy atom. The normalized spacial score (nSPS) is 12.4. The molecule has 0 aliphatic rings. The summed E-state index contributed by atoms with van der Waals surface area (Å²) < 4.78 is 28.2. The molecule has 2 aromatic carbocycles. The van der Waals surface area contributed by atoms with E-state index in [1.165, 1.54) is 18.2 Å². The van der Waals surface area contributed by atoms with Gasteiger partial charge in [0.2, 0.25) is 0 Å². The van der Waals surface area contributed by atoms with E-state index in [2.05, 4.69) is 44.1 Å². The zero-order valence-electron chi connectivity index (χ0n) is 11.5. The lowest BCUT2D eigenvalue weighted by Crippen LogP contribution is -2.23. The minimum atomic E-state index is -0.314. The molecule has 0 bridgehead atoms. The van der Waals surface area contributed by atoms with Crippen molar-refractivity contribution >= 4 is 31.9 Å². The Kier molecular flexibility index (Phi) is 5.90. The molecule has 1 nitrogen and oxygen atoms in total. The van der Waals surface area contributed by atoms with Gasteiger partial charge in [-0.15, -0.1) is 0 Å². The largest absolute Gasteiger partial charge is 0.306 e. The number of halogens is 4. The standard InChI is InChI=1S/C16H15Br2F2N/c1-2-7-21-16(10-3-6-15(20)14(18)8-10)12-9-11(19)4-5-13(12)17/h3-6,8-9,16,21H,2,7H2,1H3. The van der Waals surface area contributed by atoms with Gasteiger partial charge in [-0.2, -0.15) is 0 Å². The summed E-state index contributed by atoms with van der Waals surface area (Å²) in [5.41, 5.74) is 1.67. The monoisotopic (exact) mass is 417 g/mol. The summed E-state index contributed by atoms with van der Waals surface area (Å²) in [7, 11) is 0. The van der Waals surface area contributed by atoms with Gasteiger partial charge in [0.1, 0.15) is 11.6 Å². The van der Waals surface area contributed by atoms with Crippen LogP contribution in [0.1, 0.15) is 30.5 Å². The van der Waals surface area contributed by atoms with Crippen molar-refractivity contribution in [3.8, 4) is 0 Å². The molecule has 112 valence electrons. The van der Waals surface area contributed by atoms with Crippen LogP contribution in [0.5, 0.6) is 0 Å². The van der Waals surface area contributed by atoms with Gasteiger partial charge < -0.3 is 5.32 Å². The maximum atomic E-state index is 13.6. The van der Waals surface area contributed by atoms with Crippen LogP contribution in [0.25, 0.3) is 0 Å². The van der Waals surface area contributed by atoms with Crippen molar-refractivity contribution in [2.45, 2.75) is 19.4 Å². The first-order valence-electron chi connectivity index (χ1n) is 6.66. The molecule has 0 amide bonds. The highest BCUT2D eigenvalue weighted by atomic mass is 79.9. The highest BCUT2D eigenvalue weighted by Gasteiger charge is 2.18. The van der Waals surface area contributed by atoms with E-state index < -0.39 is 0 Å². The highest BCUT2D eigenvalue weighted by molar-refractivity contribution is 9.10. The molecule has 1 N–H and O–H groups in total. The minimum absolute atomic E-state index is 0.202. The van der Waals surface area contributed by atoms with Crippen molar-refractivity contribution in [3.63, 3.8) is 0 Å². The first-order valence-corrected chi connectivity index (χ1v) is 8.24. The smallest absolute Gasteiger partial charge is 0.137 e. The van der Waals surface area contributed by atoms with Crippen LogP contribution in [0.4, 0.5) is 8.78 Å². The van der Waals surface area contributed by atoms with Crippen LogP contribution in [0.15, 0.2) is 45.3 Å². The van der Waals surface area contributed by atoms with Crippen LogP contribution in [0.2, 0.25) is 0 Å². The van der Waals surface area contributed by atoms with E-state index >= 15 is 0 Å². The zero-order chi connectivity index (χ0) is 15.4. The van der Waals surface area contributed by atoms with E-state index in [1.807, 2.05) is 0 Å². The Labute approximate surface area is 140 Å². The summed E-state index contributed by atoms with van der Waals surface area (Å²) in [6.45, 7) is 2.84. The van der Waals surface area contributed by atoms with E-state index in [9.17, 15) is 8.78 Å². The molecule has 1 atom stereocenters. The van der Waals surface area contributed by atoms with Crippen LogP contribution < -0.4 is 5.32 Å². The van der Waals surface area contributed by atoms with Gasteiger partial charge in [-0.25, -0.2) is 8.78 Å². The Balaban J connectivity index is 2.46. The van der Waals surface area contributed by atoms with Crippen molar-refractivity contribution in [2.75, 3.05) is 6.54 Å². The van der Waals surface area contributed by atoms with Crippen LogP contribution in [-0.2, 0) is 0 Å². The molecule has 0 aromatic heterocycles. The van der Waals surface area contributed by atoms with Gasteiger partial charge in [0, 0.05) is 4.47 Å². The topological polar surface area (TPSA) is 12.0 Å². The second-order valence-corrected chi connectivity index (χ2v) is 6.44. The molecule has 0 aliphatic carbocycles. The van der Waals surface area contributed by atoms with E-state index in [0.29, 0.717) is 4.47 Å². The van der Waals surface area contributed by atoms with Crippen LogP contribution >= 0.6 is 31.9 Å². The summed E-state index contributed by atoms with van der Waals surface area (Å²) in [5.74, 6) is -0.607. The third-order valence-corrected chi connectivity index (χ3v) is 4.47.